The number of hydrogen-bond donors (Lipinski definition) is 0. The third-order valence-corrected chi connectivity index (χ3v) is 6.56. The molecule has 0 atom stereocenters. The van der Waals surface area contributed by atoms with E-state index in [2.05, 4.69) is 73.6 Å². The number of ether oxygens (including phenoxy) is 2. The Bertz CT molecular complexity index is 913. The minimum atomic E-state index is -0.285. The number of Topliss-reactive ketones (excluding diaryl/α,β-unsaturated/α-hetero) is 2. The summed E-state index contributed by atoms with van der Waals surface area (Å²) in [5.74, 6) is -0.579. The van der Waals surface area contributed by atoms with Gasteiger partial charge in [0.15, 0.2) is 0 Å². The van der Waals surface area contributed by atoms with E-state index in [0.717, 1.165) is 19.3 Å². The third-order valence-electron chi connectivity index (χ3n) is 6.56. The van der Waals surface area contributed by atoms with Gasteiger partial charge in [0.25, 0.3) is 0 Å². The predicted molar refractivity (Wildman–Crippen MR) is 137 cm³/mol. The van der Waals surface area contributed by atoms with Crippen molar-refractivity contribution in [3.63, 3.8) is 0 Å². The quantitative estimate of drug-likeness (QED) is 0.240. The zero-order chi connectivity index (χ0) is 25.6. The van der Waals surface area contributed by atoms with Crippen LogP contribution in [0.4, 0.5) is 0 Å². The van der Waals surface area contributed by atoms with Gasteiger partial charge in [-0.25, -0.2) is 0 Å². The van der Waals surface area contributed by atoms with Crippen molar-refractivity contribution in [2.24, 2.45) is 10.8 Å². The fourth-order valence-corrected chi connectivity index (χ4v) is 3.94. The van der Waals surface area contributed by atoms with Gasteiger partial charge in [-0.1, -0.05) is 62.6 Å². The first kappa shape index (κ1) is 28.7. The molecule has 184 valence electrons. The van der Waals surface area contributed by atoms with Crippen LogP contribution in [0.2, 0.25) is 0 Å². The van der Waals surface area contributed by atoms with Gasteiger partial charge in [0, 0.05) is 11.1 Å². The molecule has 4 nitrogen and oxygen atoms in total. The average Bonchev–Trinajstić information content (AvgIpc) is 2.72. The largest absolute Gasteiger partial charge is 0.489 e. The summed E-state index contributed by atoms with van der Waals surface area (Å²) in [4.78, 5) is 25.4. The van der Waals surface area contributed by atoms with Crippen molar-refractivity contribution in [3.05, 3.63) is 57.6 Å². The lowest BCUT2D eigenvalue weighted by Crippen LogP contribution is -2.24. The number of ketones is 2. The van der Waals surface area contributed by atoms with Crippen LogP contribution in [0.5, 0.6) is 0 Å². The summed E-state index contributed by atoms with van der Waals surface area (Å²) in [6.07, 6.45) is 10.1. The highest BCUT2D eigenvalue weighted by Crippen LogP contribution is 2.36. The first-order chi connectivity index (χ1) is 15.2. The second kappa shape index (κ2) is 11.7. The molecule has 0 aliphatic heterocycles. The monoisotopic (exact) mass is 456 g/mol. The second-order valence-corrected chi connectivity index (χ2v) is 10.9. The average molecular weight is 457 g/mol. The lowest BCUT2D eigenvalue weighted by Gasteiger charge is -2.28. The highest BCUT2D eigenvalue weighted by molar-refractivity contribution is 6.23. The fourth-order valence-electron chi connectivity index (χ4n) is 3.94. The van der Waals surface area contributed by atoms with Crippen molar-refractivity contribution < 1.29 is 19.1 Å². The third kappa shape index (κ3) is 7.87. The summed E-state index contributed by atoms with van der Waals surface area (Å²) < 4.78 is 10.3. The molecule has 0 heterocycles. The molecule has 0 saturated heterocycles. The maximum Gasteiger partial charge on any atom is 0.228 e. The lowest BCUT2D eigenvalue weighted by atomic mass is 9.77. The zero-order valence-corrected chi connectivity index (χ0v) is 22.7. The van der Waals surface area contributed by atoms with Crippen molar-refractivity contribution in [1.29, 1.82) is 0 Å². The molecule has 1 rings (SSSR count). The lowest BCUT2D eigenvalue weighted by molar-refractivity contribution is -0.121. The van der Waals surface area contributed by atoms with Gasteiger partial charge < -0.3 is 9.47 Å². The van der Waals surface area contributed by atoms with Gasteiger partial charge in [0.1, 0.15) is 0 Å². The fraction of sp³-hybridized carbons (Fsp3) is 0.586. The van der Waals surface area contributed by atoms with Crippen LogP contribution in [0, 0.1) is 10.8 Å². The number of methoxy groups -OCH3 is 2. The normalized spacial score (nSPS) is 16.5. The number of carbonyl (C=O) groups is 2. The van der Waals surface area contributed by atoms with E-state index in [-0.39, 0.29) is 33.9 Å². The van der Waals surface area contributed by atoms with Crippen LogP contribution in [0.1, 0.15) is 88.0 Å². The Morgan fingerprint density at radius 2 is 1.36 bits per heavy atom. The number of carbonyl (C=O) groups excluding carboxylic acids is 2. The molecule has 0 aromatic heterocycles. The molecule has 0 bridgehead atoms. The predicted octanol–water partition coefficient (Wildman–Crippen LogP) is 7.43. The van der Waals surface area contributed by atoms with Gasteiger partial charge in [-0.2, -0.15) is 0 Å². The first-order valence-electron chi connectivity index (χ1n) is 11.7. The van der Waals surface area contributed by atoms with Crippen molar-refractivity contribution in [3.8, 4) is 0 Å². The van der Waals surface area contributed by atoms with E-state index in [9.17, 15) is 9.59 Å². The minimum Gasteiger partial charge on any atom is -0.489 e. The van der Waals surface area contributed by atoms with Crippen molar-refractivity contribution >= 4 is 11.6 Å². The van der Waals surface area contributed by atoms with E-state index >= 15 is 0 Å². The Morgan fingerprint density at radius 3 is 1.88 bits per heavy atom. The number of rotatable bonds is 11. The summed E-state index contributed by atoms with van der Waals surface area (Å²) >= 11 is 0. The topological polar surface area (TPSA) is 52.6 Å². The van der Waals surface area contributed by atoms with Gasteiger partial charge in [-0.05, 0) is 71.1 Å². The maximum absolute atomic E-state index is 12.8. The van der Waals surface area contributed by atoms with Gasteiger partial charge >= 0.3 is 0 Å². The first-order valence-corrected chi connectivity index (χ1v) is 11.7. The molecule has 0 aromatic carbocycles. The molecule has 4 heteroatoms. The molecule has 0 amide bonds. The van der Waals surface area contributed by atoms with Crippen LogP contribution in [0.25, 0.3) is 0 Å². The van der Waals surface area contributed by atoms with E-state index in [1.54, 1.807) is 6.92 Å². The molecule has 0 spiro atoms. The smallest absolute Gasteiger partial charge is 0.228 e. The zero-order valence-electron chi connectivity index (χ0n) is 22.7. The van der Waals surface area contributed by atoms with Crippen LogP contribution >= 0.6 is 0 Å². The number of allylic oxidation sites excluding steroid dienone is 8. The van der Waals surface area contributed by atoms with Gasteiger partial charge in [-0.15, -0.1) is 0 Å². The molecule has 0 radical (unpaired) electrons. The van der Waals surface area contributed by atoms with Gasteiger partial charge in [0.2, 0.25) is 23.1 Å². The second-order valence-electron chi connectivity index (χ2n) is 10.9. The Balaban J connectivity index is 2.91. The molecular formula is C29H44O4. The van der Waals surface area contributed by atoms with E-state index in [1.807, 2.05) is 0 Å². The summed E-state index contributed by atoms with van der Waals surface area (Å²) in [5.41, 5.74) is 5.11. The SMILES string of the molecule is COC1=C(OC)C(=O)C(C/C=C(\C)CC(C)(C)C/C=C(\C)C(C)(C)CC=C(C)C)=C(C)C1=O. The molecule has 0 N–H and O–H groups in total. The molecule has 0 unspecified atom stereocenters. The summed E-state index contributed by atoms with van der Waals surface area (Å²) in [6.45, 7) is 19.4. The summed E-state index contributed by atoms with van der Waals surface area (Å²) in [5, 5.41) is 0. The van der Waals surface area contributed by atoms with Crippen molar-refractivity contribution in [2.45, 2.75) is 88.0 Å². The van der Waals surface area contributed by atoms with Crippen LogP contribution < -0.4 is 0 Å². The van der Waals surface area contributed by atoms with Crippen molar-refractivity contribution in [2.75, 3.05) is 14.2 Å². The van der Waals surface area contributed by atoms with E-state index in [0.29, 0.717) is 17.6 Å². The molecular weight excluding hydrogens is 412 g/mol. The van der Waals surface area contributed by atoms with Crippen LogP contribution in [0.3, 0.4) is 0 Å². The molecule has 33 heavy (non-hydrogen) atoms. The minimum absolute atomic E-state index is 0.00850. The van der Waals surface area contributed by atoms with Gasteiger partial charge in [-0.3, -0.25) is 9.59 Å². The van der Waals surface area contributed by atoms with Crippen LogP contribution in [-0.2, 0) is 19.1 Å². The Hall–Kier alpha value is -2.36. The molecule has 0 saturated carbocycles. The summed E-state index contributed by atoms with van der Waals surface area (Å²) in [6, 6.07) is 0. The van der Waals surface area contributed by atoms with E-state index in [1.165, 1.54) is 30.9 Å². The molecule has 1 aliphatic rings. The molecule has 0 aromatic rings. The highest BCUT2D eigenvalue weighted by Gasteiger charge is 2.34. The Kier molecular flexibility index (Phi) is 10.1. The Labute approximate surface area is 201 Å². The van der Waals surface area contributed by atoms with Crippen molar-refractivity contribution in [1.82, 2.24) is 0 Å². The maximum atomic E-state index is 12.8. The Morgan fingerprint density at radius 1 is 0.818 bits per heavy atom. The molecule has 0 fully saturated rings. The summed E-state index contributed by atoms with van der Waals surface area (Å²) in [7, 11) is 2.76. The van der Waals surface area contributed by atoms with E-state index in [4.69, 9.17) is 9.47 Å². The standard InChI is InChI=1S/C29H44O4/c1-19(2)14-17-29(8,9)21(4)15-16-28(6,7)18-20(3)12-13-23-22(5)24(30)26(32-10)27(33-11)25(23)31/h12,14-15H,13,16-18H2,1-11H3/b20-12+,21-15+. The number of hydrogen-bond acceptors (Lipinski definition) is 4. The van der Waals surface area contributed by atoms with Gasteiger partial charge in [0.05, 0.1) is 14.2 Å². The van der Waals surface area contributed by atoms with E-state index < -0.39 is 0 Å². The van der Waals surface area contributed by atoms with Crippen LogP contribution in [0.15, 0.2) is 57.6 Å². The molecule has 1 aliphatic carbocycles. The van der Waals surface area contributed by atoms with Crippen LogP contribution in [-0.4, -0.2) is 25.8 Å². The highest BCUT2D eigenvalue weighted by atomic mass is 16.5.